The van der Waals surface area contributed by atoms with E-state index in [2.05, 4.69) is 24.1 Å². The Labute approximate surface area is 129 Å². The smallest absolute Gasteiger partial charge is 0.146 e. The number of hydrogen-bond acceptors (Lipinski definition) is 4. The molecule has 0 spiro atoms. The molecule has 0 bridgehead atoms. The Hall–Kier alpha value is -1.46. The zero-order valence-electron chi connectivity index (χ0n) is 12.8. The molecule has 0 aliphatic rings. The first-order valence-electron chi connectivity index (χ1n) is 7.22. The van der Waals surface area contributed by atoms with Crippen LogP contribution in [0, 0.1) is 5.82 Å². The van der Waals surface area contributed by atoms with E-state index in [0.717, 1.165) is 24.2 Å². The van der Waals surface area contributed by atoms with E-state index in [0.29, 0.717) is 12.2 Å². The van der Waals surface area contributed by atoms with Crippen LogP contribution in [0.1, 0.15) is 37.6 Å². The fourth-order valence-corrected chi connectivity index (χ4v) is 2.77. The molecule has 0 saturated heterocycles. The molecule has 3 nitrogen and oxygen atoms in total. The van der Waals surface area contributed by atoms with Crippen LogP contribution in [0.15, 0.2) is 29.1 Å². The molecule has 0 aliphatic carbocycles. The monoisotopic (exact) mass is 307 g/mol. The van der Waals surface area contributed by atoms with Crippen molar-refractivity contribution in [1.29, 1.82) is 0 Å². The Morgan fingerprint density at radius 2 is 2.24 bits per heavy atom. The number of benzene rings is 1. The number of thiazole rings is 1. The lowest BCUT2D eigenvalue weighted by atomic mass is 10.1. The molecule has 1 heterocycles. The molecule has 0 amide bonds. The molecule has 1 aromatic carbocycles. The van der Waals surface area contributed by atoms with E-state index in [1.54, 1.807) is 22.9 Å². The van der Waals surface area contributed by atoms with Crippen molar-refractivity contribution < 1.29 is 4.39 Å². The van der Waals surface area contributed by atoms with Crippen LogP contribution in [-0.4, -0.2) is 18.6 Å². The Bertz CT molecular complexity index is 557. The number of rotatable bonds is 7. The van der Waals surface area contributed by atoms with E-state index >= 15 is 0 Å². The summed E-state index contributed by atoms with van der Waals surface area (Å²) in [5.74, 6) is -0.185. The summed E-state index contributed by atoms with van der Waals surface area (Å²) in [5.41, 5.74) is 4.34. The summed E-state index contributed by atoms with van der Waals surface area (Å²) >= 11 is 1.56. The summed E-state index contributed by atoms with van der Waals surface area (Å²) in [6.07, 6.45) is 1.07. The predicted octanol–water partition coefficient (Wildman–Crippen LogP) is 3.98. The van der Waals surface area contributed by atoms with Gasteiger partial charge in [-0.25, -0.2) is 9.37 Å². The molecule has 114 valence electrons. The maximum Gasteiger partial charge on any atom is 0.146 e. The van der Waals surface area contributed by atoms with Gasteiger partial charge in [0, 0.05) is 18.5 Å². The minimum Gasteiger partial charge on any atom is -0.366 e. The Morgan fingerprint density at radius 3 is 2.86 bits per heavy atom. The van der Waals surface area contributed by atoms with Crippen LogP contribution in [0.2, 0.25) is 0 Å². The molecule has 2 rings (SSSR count). The average molecular weight is 307 g/mol. The molecular formula is C16H22FN3S. The van der Waals surface area contributed by atoms with Gasteiger partial charge in [-0.2, -0.15) is 0 Å². The topological polar surface area (TPSA) is 28.2 Å². The van der Waals surface area contributed by atoms with Crippen LogP contribution in [0.5, 0.6) is 0 Å². The van der Waals surface area contributed by atoms with Gasteiger partial charge >= 0.3 is 0 Å². The summed E-state index contributed by atoms with van der Waals surface area (Å²) < 4.78 is 14.3. The molecule has 2 aromatic rings. The van der Waals surface area contributed by atoms with Crippen LogP contribution in [0.4, 0.5) is 10.1 Å². The highest BCUT2D eigenvalue weighted by Gasteiger charge is 2.12. The first kappa shape index (κ1) is 15.9. The highest BCUT2D eigenvalue weighted by Crippen LogP contribution is 2.24. The van der Waals surface area contributed by atoms with Gasteiger partial charge < -0.3 is 10.2 Å². The van der Waals surface area contributed by atoms with Gasteiger partial charge in [0.2, 0.25) is 0 Å². The third-order valence-corrected chi connectivity index (χ3v) is 4.10. The largest absolute Gasteiger partial charge is 0.366 e. The molecule has 0 radical (unpaired) electrons. The average Bonchev–Trinajstić information content (AvgIpc) is 2.97. The molecular weight excluding hydrogens is 285 g/mol. The van der Waals surface area contributed by atoms with Crippen molar-refractivity contribution >= 4 is 17.0 Å². The lowest BCUT2D eigenvalue weighted by Crippen LogP contribution is -2.21. The lowest BCUT2D eigenvalue weighted by molar-refractivity contribution is 0.561. The van der Waals surface area contributed by atoms with E-state index in [9.17, 15) is 4.39 Å². The number of hydrogen-bond donors (Lipinski definition) is 1. The Kier molecular flexibility index (Phi) is 5.70. The molecule has 1 N–H and O–H groups in total. The third-order valence-electron chi connectivity index (χ3n) is 3.47. The van der Waals surface area contributed by atoms with Crippen molar-refractivity contribution in [2.75, 3.05) is 18.5 Å². The van der Waals surface area contributed by atoms with Crippen molar-refractivity contribution in [3.8, 4) is 0 Å². The van der Waals surface area contributed by atoms with Gasteiger partial charge in [0.15, 0.2) is 0 Å². The first-order valence-corrected chi connectivity index (χ1v) is 8.17. The van der Waals surface area contributed by atoms with E-state index in [1.807, 2.05) is 29.5 Å². The number of aromatic nitrogens is 1. The summed E-state index contributed by atoms with van der Waals surface area (Å²) in [4.78, 5) is 6.12. The Balaban J connectivity index is 2.07. The van der Waals surface area contributed by atoms with Gasteiger partial charge in [-0.1, -0.05) is 13.0 Å². The normalized spacial score (nSPS) is 12.4. The highest BCUT2D eigenvalue weighted by atomic mass is 32.1. The van der Waals surface area contributed by atoms with E-state index < -0.39 is 0 Å². The number of nitrogens with one attached hydrogen (secondary N) is 1. The third kappa shape index (κ3) is 4.25. The van der Waals surface area contributed by atoms with Crippen molar-refractivity contribution in [2.45, 2.75) is 32.9 Å². The molecule has 0 aliphatic heterocycles. The molecule has 1 unspecified atom stereocenters. The van der Waals surface area contributed by atoms with Crippen molar-refractivity contribution in [3.63, 3.8) is 0 Å². The van der Waals surface area contributed by atoms with Gasteiger partial charge in [-0.15, -0.1) is 11.3 Å². The number of anilines is 1. The molecule has 0 fully saturated rings. The SMILES string of the molecule is CCCNC(C)c1ccc(N(C)Cc2cscn2)c(F)c1. The van der Waals surface area contributed by atoms with Crippen molar-refractivity contribution in [1.82, 2.24) is 10.3 Å². The fraction of sp³-hybridized carbons (Fsp3) is 0.438. The van der Waals surface area contributed by atoms with Gasteiger partial charge in [0.25, 0.3) is 0 Å². The van der Waals surface area contributed by atoms with Crippen LogP contribution < -0.4 is 10.2 Å². The standard InChI is InChI=1S/C16H22FN3S/c1-4-7-18-12(2)13-5-6-16(15(17)8-13)20(3)9-14-10-21-11-19-14/h5-6,8,10-12,18H,4,7,9H2,1-3H3. The van der Waals surface area contributed by atoms with Crippen LogP contribution in [0.25, 0.3) is 0 Å². The summed E-state index contributed by atoms with van der Waals surface area (Å²) in [5, 5.41) is 5.36. The maximum absolute atomic E-state index is 14.3. The second kappa shape index (κ2) is 7.52. The Morgan fingerprint density at radius 1 is 1.43 bits per heavy atom. The maximum atomic E-state index is 14.3. The minimum atomic E-state index is -0.185. The fourth-order valence-electron chi connectivity index (χ4n) is 2.22. The molecule has 0 saturated carbocycles. The lowest BCUT2D eigenvalue weighted by Gasteiger charge is -2.21. The zero-order valence-corrected chi connectivity index (χ0v) is 13.6. The summed E-state index contributed by atoms with van der Waals surface area (Å²) in [6, 6.07) is 5.63. The first-order chi connectivity index (χ1) is 10.1. The molecule has 5 heteroatoms. The number of halogens is 1. The van der Waals surface area contributed by atoms with E-state index in [-0.39, 0.29) is 11.9 Å². The second-order valence-electron chi connectivity index (χ2n) is 5.22. The van der Waals surface area contributed by atoms with E-state index in [4.69, 9.17) is 0 Å². The molecule has 1 atom stereocenters. The van der Waals surface area contributed by atoms with Gasteiger partial charge in [-0.3, -0.25) is 0 Å². The quantitative estimate of drug-likeness (QED) is 0.838. The zero-order chi connectivity index (χ0) is 15.2. The van der Waals surface area contributed by atoms with Crippen LogP contribution >= 0.6 is 11.3 Å². The van der Waals surface area contributed by atoms with Crippen molar-refractivity contribution in [3.05, 3.63) is 46.2 Å². The molecule has 21 heavy (non-hydrogen) atoms. The predicted molar refractivity (Wildman–Crippen MR) is 87.3 cm³/mol. The van der Waals surface area contributed by atoms with E-state index in [1.165, 1.54) is 0 Å². The second-order valence-corrected chi connectivity index (χ2v) is 5.94. The summed E-state index contributed by atoms with van der Waals surface area (Å²) in [7, 11) is 1.89. The minimum absolute atomic E-state index is 0.164. The summed E-state index contributed by atoms with van der Waals surface area (Å²) in [6.45, 7) is 5.73. The van der Waals surface area contributed by atoms with Crippen LogP contribution in [0.3, 0.4) is 0 Å². The van der Waals surface area contributed by atoms with Gasteiger partial charge in [0.05, 0.1) is 23.4 Å². The van der Waals surface area contributed by atoms with Gasteiger partial charge in [0.1, 0.15) is 5.82 Å². The van der Waals surface area contributed by atoms with Gasteiger partial charge in [-0.05, 0) is 37.6 Å². The molecule has 1 aromatic heterocycles. The number of nitrogens with zero attached hydrogens (tertiary/aromatic N) is 2. The van der Waals surface area contributed by atoms with Crippen molar-refractivity contribution in [2.24, 2.45) is 0 Å². The highest BCUT2D eigenvalue weighted by molar-refractivity contribution is 7.07. The van der Waals surface area contributed by atoms with Crippen LogP contribution in [-0.2, 0) is 6.54 Å².